The van der Waals surface area contributed by atoms with Crippen molar-refractivity contribution in [3.63, 3.8) is 0 Å². The van der Waals surface area contributed by atoms with Crippen LogP contribution in [0.25, 0.3) is 0 Å². The van der Waals surface area contributed by atoms with Crippen molar-refractivity contribution in [1.82, 2.24) is 9.97 Å². The summed E-state index contributed by atoms with van der Waals surface area (Å²) in [4.78, 5) is 8.43. The van der Waals surface area contributed by atoms with Gasteiger partial charge in [-0.15, -0.1) is 0 Å². The summed E-state index contributed by atoms with van der Waals surface area (Å²) >= 11 is 0. The first-order valence-electron chi connectivity index (χ1n) is 5.83. The molecule has 0 amide bonds. The van der Waals surface area contributed by atoms with Crippen molar-refractivity contribution >= 4 is 13.1 Å². The largest absolute Gasteiger partial charge is 0.335 e. The molecule has 3 nitrogen and oxygen atoms in total. The lowest BCUT2D eigenvalue weighted by atomic mass is 10.4. The van der Waals surface area contributed by atoms with E-state index in [9.17, 15) is 0 Å². The minimum absolute atomic E-state index is 0.627. The molecule has 88 valence electrons. The van der Waals surface area contributed by atoms with Crippen LogP contribution in [-0.2, 0) is 0 Å². The van der Waals surface area contributed by atoms with E-state index in [0.717, 1.165) is 17.4 Å². The van der Waals surface area contributed by atoms with Crippen LogP contribution in [-0.4, -0.2) is 35.7 Å². The molecule has 1 aliphatic carbocycles. The van der Waals surface area contributed by atoms with E-state index in [0.29, 0.717) is 5.78 Å². The summed E-state index contributed by atoms with van der Waals surface area (Å²) < 4.78 is 0. The molecule has 1 heterocycles. The number of anilines is 1. The van der Waals surface area contributed by atoms with Gasteiger partial charge in [0.15, 0.2) is 0 Å². The molecule has 1 fully saturated rings. The number of hydrogen-bond acceptors (Lipinski definition) is 3. The molecule has 0 radical (unpaired) electrons. The van der Waals surface area contributed by atoms with Gasteiger partial charge in [0, 0.05) is 24.9 Å². The Balaban J connectivity index is 2.11. The maximum absolute atomic E-state index is 4.30. The van der Waals surface area contributed by atoms with E-state index in [-0.39, 0.29) is 0 Å². The van der Waals surface area contributed by atoms with Gasteiger partial charge in [0.1, 0.15) is 17.9 Å². The highest BCUT2D eigenvalue weighted by molar-refractivity contribution is 7.74. The molecule has 1 unspecified atom stereocenters. The highest BCUT2D eigenvalue weighted by Crippen LogP contribution is 2.59. The summed E-state index contributed by atoms with van der Waals surface area (Å²) in [5, 5.41) is 3.62. The van der Waals surface area contributed by atoms with E-state index in [1.54, 1.807) is 6.33 Å². The van der Waals surface area contributed by atoms with Crippen LogP contribution in [0.1, 0.15) is 18.5 Å². The maximum Gasteiger partial charge on any atom is 0.141 e. The number of nitrogens with zero attached hydrogens (tertiary/aromatic N) is 2. The van der Waals surface area contributed by atoms with Crippen molar-refractivity contribution in [2.75, 3.05) is 25.3 Å². The molecule has 0 bridgehead atoms. The van der Waals surface area contributed by atoms with Gasteiger partial charge in [-0.2, -0.15) is 0 Å². The van der Waals surface area contributed by atoms with Gasteiger partial charge in [0.2, 0.25) is 0 Å². The van der Waals surface area contributed by atoms with Gasteiger partial charge in [0.05, 0.1) is 20.0 Å². The fourth-order valence-corrected chi connectivity index (χ4v) is 4.12. The average molecular weight is 238 g/mol. The van der Waals surface area contributed by atoms with E-state index in [2.05, 4.69) is 35.3 Å². The van der Waals surface area contributed by atoms with Crippen molar-refractivity contribution in [1.29, 1.82) is 0 Å². The van der Waals surface area contributed by atoms with Gasteiger partial charge in [0.25, 0.3) is 0 Å². The molecule has 1 aliphatic rings. The van der Waals surface area contributed by atoms with Crippen LogP contribution in [0.2, 0.25) is 0 Å². The first-order valence-corrected chi connectivity index (χ1v) is 9.03. The van der Waals surface area contributed by atoms with E-state index >= 15 is 0 Å². The summed E-state index contributed by atoms with van der Waals surface area (Å²) in [6.45, 7) is 9.20. The molecule has 4 heteroatoms. The van der Waals surface area contributed by atoms with Crippen LogP contribution in [0.3, 0.4) is 0 Å². The van der Waals surface area contributed by atoms with Crippen LogP contribution in [0.4, 0.5) is 5.82 Å². The fourth-order valence-electron chi connectivity index (χ4n) is 2.04. The first kappa shape index (κ1) is 11.8. The van der Waals surface area contributed by atoms with Gasteiger partial charge in [-0.05, 0) is 19.8 Å². The predicted octanol–water partition coefficient (Wildman–Crippen LogP) is 2.84. The number of nitrogens with one attached hydrogen (secondary N) is 1. The van der Waals surface area contributed by atoms with Crippen molar-refractivity contribution in [3.8, 4) is 0 Å². The Morgan fingerprint density at radius 3 is 2.50 bits per heavy atom. The Morgan fingerprint density at radius 1 is 1.31 bits per heavy atom. The predicted molar refractivity (Wildman–Crippen MR) is 71.6 cm³/mol. The van der Waals surface area contributed by atoms with E-state index < -0.39 is 7.26 Å². The Bertz CT molecular complexity index is 369. The molecular formula is C12H21N3P+. The van der Waals surface area contributed by atoms with Crippen molar-refractivity contribution in [2.45, 2.75) is 25.5 Å². The average Bonchev–Trinajstić information content (AvgIpc) is 2.95. The minimum Gasteiger partial charge on any atom is -0.335 e. The van der Waals surface area contributed by atoms with Crippen LogP contribution < -0.4 is 5.32 Å². The molecule has 1 aromatic heterocycles. The third-order valence-corrected chi connectivity index (χ3v) is 5.22. The van der Waals surface area contributed by atoms with Gasteiger partial charge in [-0.1, -0.05) is 0 Å². The highest BCUT2D eigenvalue weighted by atomic mass is 31.2. The third-order valence-electron chi connectivity index (χ3n) is 3.00. The van der Waals surface area contributed by atoms with Gasteiger partial charge >= 0.3 is 0 Å². The van der Waals surface area contributed by atoms with E-state index in [1.165, 1.54) is 12.8 Å². The van der Waals surface area contributed by atoms with Gasteiger partial charge in [-0.3, -0.25) is 0 Å². The topological polar surface area (TPSA) is 37.8 Å². The third kappa shape index (κ3) is 2.91. The molecule has 1 aromatic rings. The zero-order valence-electron chi connectivity index (χ0n) is 10.6. The second-order valence-corrected chi connectivity index (χ2v) is 10.4. The van der Waals surface area contributed by atoms with Crippen LogP contribution >= 0.6 is 7.26 Å². The molecule has 0 saturated heterocycles. The Hall–Kier alpha value is -0.690. The quantitative estimate of drug-likeness (QED) is 0.820. The molecular weight excluding hydrogens is 217 g/mol. The standard InChI is InChI=1S/C12H21N3P/c1-9-7-11(14-8-13-9)15-12(10-5-6-10)16(2,3)4/h7-8,10,12H,5-6H2,1-4H3,(H,13,14,15)/q+1. The van der Waals surface area contributed by atoms with Crippen molar-refractivity contribution in [3.05, 3.63) is 18.1 Å². The fraction of sp³-hybridized carbons (Fsp3) is 0.667. The zero-order chi connectivity index (χ0) is 11.8. The summed E-state index contributed by atoms with van der Waals surface area (Å²) in [5.41, 5.74) is 1.03. The first-order chi connectivity index (χ1) is 7.47. The molecule has 1 atom stereocenters. The molecule has 1 N–H and O–H groups in total. The van der Waals surface area contributed by atoms with Crippen molar-refractivity contribution < 1.29 is 0 Å². The molecule has 0 aliphatic heterocycles. The highest BCUT2D eigenvalue weighted by Gasteiger charge is 2.43. The van der Waals surface area contributed by atoms with Gasteiger partial charge < -0.3 is 5.32 Å². The van der Waals surface area contributed by atoms with Crippen LogP contribution in [0, 0.1) is 12.8 Å². The van der Waals surface area contributed by atoms with Crippen LogP contribution in [0.5, 0.6) is 0 Å². The Morgan fingerprint density at radius 2 is 2.00 bits per heavy atom. The number of rotatable bonds is 4. The normalized spacial score (nSPS) is 18.2. The lowest BCUT2D eigenvalue weighted by Crippen LogP contribution is -2.25. The molecule has 0 aromatic carbocycles. The lowest BCUT2D eigenvalue weighted by molar-refractivity contribution is 0.808. The van der Waals surface area contributed by atoms with E-state index in [1.807, 2.05) is 13.0 Å². The van der Waals surface area contributed by atoms with E-state index in [4.69, 9.17) is 0 Å². The smallest absolute Gasteiger partial charge is 0.141 e. The summed E-state index contributed by atoms with van der Waals surface area (Å²) in [6.07, 6.45) is 4.39. The number of aromatic nitrogens is 2. The lowest BCUT2D eigenvalue weighted by Gasteiger charge is -2.25. The maximum atomic E-state index is 4.30. The molecule has 1 saturated carbocycles. The summed E-state index contributed by atoms with van der Waals surface area (Å²) in [5.74, 6) is 2.48. The molecule has 2 rings (SSSR count). The zero-order valence-corrected chi connectivity index (χ0v) is 11.5. The second kappa shape index (κ2) is 4.29. The summed E-state index contributed by atoms with van der Waals surface area (Å²) in [7, 11) is -0.872. The molecule has 16 heavy (non-hydrogen) atoms. The minimum atomic E-state index is -0.872. The monoisotopic (exact) mass is 238 g/mol. The number of hydrogen-bond donors (Lipinski definition) is 1. The Kier molecular flexibility index (Phi) is 3.16. The Labute approximate surface area is 98.4 Å². The van der Waals surface area contributed by atoms with Crippen molar-refractivity contribution in [2.24, 2.45) is 5.92 Å². The summed E-state index contributed by atoms with van der Waals surface area (Å²) in [6, 6.07) is 2.03. The molecule has 0 spiro atoms. The number of aryl methyl sites for hydroxylation is 1. The SMILES string of the molecule is Cc1cc(NC(C2CC2)[P+](C)(C)C)ncn1. The van der Waals surface area contributed by atoms with Crippen LogP contribution in [0.15, 0.2) is 12.4 Å². The second-order valence-electron chi connectivity index (χ2n) is 5.59. The van der Waals surface area contributed by atoms with Gasteiger partial charge in [-0.25, -0.2) is 9.97 Å².